The lowest BCUT2D eigenvalue weighted by molar-refractivity contribution is -0.126. The van der Waals surface area contributed by atoms with E-state index in [4.69, 9.17) is 4.74 Å². The van der Waals surface area contributed by atoms with Gasteiger partial charge in [0.25, 0.3) is 0 Å². The molecule has 0 bridgehead atoms. The number of benzene rings is 2. The molecule has 2 aromatic rings. The molecule has 2 aliphatic rings. The Bertz CT molecular complexity index is 818. The van der Waals surface area contributed by atoms with Crippen LogP contribution in [0.25, 0.3) is 0 Å². The number of carbonyl (C=O) groups is 1. The molecule has 3 heteroatoms. The van der Waals surface area contributed by atoms with Crippen LogP contribution in [0.3, 0.4) is 0 Å². The summed E-state index contributed by atoms with van der Waals surface area (Å²) in [7, 11) is 0. The van der Waals surface area contributed by atoms with E-state index in [-0.39, 0.29) is 5.91 Å². The van der Waals surface area contributed by atoms with Crippen LogP contribution in [0.4, 0.5) is 0 Å². The predicted molar refractivity (Wildman–Crippen MR) is 98.9 cm³/mol. The van der Waals surface area contributed by atoms with Crippen LogP contribution in [0.1, 0.15) is 36.5 Å². The van der Waals surface area contributed by atoms with Crippen molar-refractivity contribution < 1.29 is 9.53 Å². The van der Waals surface area contributed by atoms with E-state index < -0.39 is 0 Å². The van der Waals surface area contributed by atoms with Crippen LogP contribution in [0, 0.1) is 0 Å². The minimum absolute atomic E-state index is 0.0128. The first-order valence-electron chi connectivity index (χ1n) is 8.89. The number of hydrogen-bond acceptors (Lipinski definition) is 2. The summed E-state index contributed by atoms with van der Waals surface area (Å²) in [6.07, 6.45) is 4.81. The van der Waals surface area contributed by atoms with E-state index in [1.807, 2.05) is 29.2 Å². The number of fused-ring (bicyclic) bond motifs is 1. The van der Waals surface area contributed by atoms with Crippen LogP contribution in [0.5, 0.6) is 11.5 Å². The van der Waals surface area contributed by atoms with Gasteiger partial charge in [-0.3, -0.25) is 4.79 Å². The molecular weight excluding hydrogens is 310 g/mol. The van der Waals surface area contributed by atoms with Gasteiger partial charge in [0.1, 0.15) is 11.5 Å². The molecular formula is C22H23NO2. The third-order valence-electron chi connectivity index (χ3n) is 5.46. The molecule has 1 amide bonds. The molecule has 1 heterocycles. The molecule has 1 aliphatic carbocycles. The maximum Gasteiger partial charge on any atom is 0.246 e. The van der Waals surface area contributed by atoms with Gasteiger partial charge in [0.15, 0.2) is 0 Å². The van der Waals surface area contributed by atoms with Gasteiger partial charge in [-0.1, -0.05) is 31.7 Å². The Morgan fingerprint density at radius 2 is 1.84 bits per heavy atom. The van der Waals surface area contributed by atoms with E-state index in [0.717, 1.165) is 30.0 Å². The maximum atomic E-state index is 11.8. The van der Waals surface area contributed by atoms with Crippen molar-refractivity contribution in [3.8, 4) is 11.5 Å². The molecule has 25 heavy (non-hydrogen) atoms. The lowest BCUT2D eigenvalue weighted by atomic mass is 9.98. The Balaban J connectivity index is 1.50. The second-order valence-electron chi connectivity index (χ2n) is 7.33. The smallest absolute Gasteiger partial charge is 0.246 e. The van der Waals surface area contributed by atoms with Crippen LogP contribution in [-0.4, -0.2) is 17.4 Å². The second kappa shape index (κ2) is 6.07. The Hall–Kier alpha value is -2.55. The molecule has 0 aromatic heterocycles. The first kappa shape index (κ1) is 15.9. The quantitative estimate of drug-likeness (QED) is 0.765. The molecule has 128 valence electrons. The van der Waals surface area contributed by atoms with E-state index in [2.05, 4.69) is 31.7 Å². The number of amides is 1. The zero-order valence-corrected chi connectivity index (χ0v) is 14.6. The molecule has 3 nitrogen and oxygen atoms in total. The van der Waals surface area contributed by atoms with Gasteiger partial charge < -0.3 is 9.64 Å². The van der Waals surface area contributed by atoms with E-state index in [1.54, 1.807) is 0 Å². The normalized spacial score (nSPS) is 17.6. The van der Waals surface area contributed by atoms with Gasteiger partial charge in [-0.15, -0.1) is 0 Å². The first-order chi connectivity index (χ1) is 12.1. The van der Waals surface area contributed by atoms with Crippen molar-refractivity contribution in [2.45, 2.75) is 38.1 Å². The topological polar surface area (TPSA) is 29.5 Å². The summed E-state index contributed by atoms with van der Waals surface area (Å²) in [6, 6.07) is 14.6. The van der Waals surface area contributed by atoms with Crippen molar-refractivity contribution in [2.75, 3.05) is 6.54 Å². The monoisotopic (exact) mass is 333 g/mol. The van der Waals surface area contributed by atoms with Gasteiger partial charge in [0, 0.05) is 13.1 Å². The molecule has 4 rings (SSSR count). The Morgan fingerprint density at radius 1 is 1.12 bits per heavy atom. The second-order valence-corrected chi connectivity index (χ2v) is 7.33. The van der Waals surface area contributed by atoms with Crippen molar-refractivity contribution in [1.82, 2.24) is 4.90 Å². The summed E-state index contributed by atoms with van der Waals surface area (Å²) in [5.41, 5.74) is 4.22. The lowest BCUT2D eigenvalue weighted by Gasteiger charge is -2.28. The fourth-order valence-electron chi connectivity index (χ4n) is 3.45. The number of ether oxygens (including phenoxy) is 1. The fourth-order valence-corrected chi connectivity index (χ4v) is 3.45. The maximum absolute atomic E-state index is 11.8. The van der Waals surface area contributed by atoms with Crippen LogP contribution < -0.4 is 4.74 Å². The minimum atomic E-state index is -0.0128. The number of nitrogens with zero attached hydrogens (tertiary/aromatic N) is 1. The van der Waals surface area contributed by atoms with Gasteiger partial charge in [-0.2, -0.15) is 0 Å². The molecule has 0 radical (unpaired) electrons. The summed E-state index contributed by atoms with van der Waals surface area (Å²) in [5.74, 6) is 1.65. The molecule has 0 atom stereocenters. The standard InChI is InChI=1S/C22H23NO2/c1-3-21(24)23-13-10-16-4-7-20(14-17(16)15-23)25-19-8-5-18(6-9-19)22(2)11-12-22/h3-9,14H,1,10-13,15H2,2H3. The molecule has 1 saturated carbocycles. The van der Waals surface area contributed by atoms with E-state index in [1.165, 1.54) is 30.0 Å². The zero-order chi connectivity index (χ0) is 17.4. The summed E-state index contributed by atoms with van der Waals surface area (Å²) in [4.78, 5) is 13.7. The number of carbonyl (C=O) groups excluding carboxylic acids is 1. The molecule has 2 aromatic carbocycles. The van der Waals surface area contributed by atoms with Gasteiger partial charge in [0.2, 0.25) is 5.91 Å². The average Bonchev–Trinajstić information content (AvgIpc) is 3.39. The zero-order valence-electron chi connectivity index (χ0n) is 14.6. The van der Waals surface area contributed by atoms with Crippen LogP contribution in [0.2, 0.25) is 0 Å². The van der Waals surface area contributed by atoms with Crippen molar-refractivity contribution in [2.24, 2.45) is 0 Å². The third kappa shape index (κ3) is 3.19. The molecule has 0 N–H and O–H groups in total. The SMILES string of the molecule is C=CC(=O)N1CCc2ccc(Oc3ccc(C4(C)CC4)cc3)cc2C1. The number of rotatable bonds is 4. The highest BCUT2D eigenvalue weighted by atomic mass is 16.5. The predicted octanol–water partition coefficient (Wildman–Crippen LogP) is 4.60. The van der Waals surface area contributed by atoms with Crippen molar-refractivity contribution >= 4 is 5.91 Å². The van der Waals surface area contributed by atoms with Crippen LogP contribution in [0.15, 0.2) is 55.1 Å². The van der Waals surface area contributed by atoms with Gasteiger partial charge in [-0.25, -0.2) is 0 Å². The third-order valence-corrected chi connectivity index (χ3v) is 5.46. The van der Waals surface area contributed by atoms with E-state index >= 15 is 0 Å². The van der Waals surface area contributed by atoms with Gasteiger partial charge >= 0.3 is 0 Å². The molecule has 1 aliphatic heterocycles. The highest BCUT2D eigenvalue weighted by Crippen LogP contribution is 2.47. The Morgan fingerprint density at radius 3 is 2.52 bits per heavy atom. The van der Waals surface area contributed by atoms with Crippen molar-refractivity contribution in [1.29, 1.82) is 0 Å². The molecule has 0 spiro atoms. The molecule has 0 unspecified atom stereocenters. The first-order valence-corrected chi connectivity index (χ1v) is 8.89. The summed E-state index contributed by atoms with van der Waals surface area (Å²) >= 11 is 0. The van der Waals surface area contributed by atoms with Crippen LogP contribution >= 0.6 is 0 Å². The van der Waals surface area contributed by atoms with Crippen LogP contribution in [-0.2, 0) is 23.2 Å². The summed E-state index contributed by atoms with van der Waals surface area (Å²) in [5, 5.41) is 0. The van der Waals surface area contributed by atoms with Gasteiger partial charge in [0.05, 0.1) is 0 Å². The summed E-state index contributed by atoms with van der Waals surface area (Å²) < 4.78 is 6.03. The fraction of sp³-hybridized carbons (Fsp3) is 0.318. The average molecular weight is 333 g/mol. The highest BCUT2D eigenvalue weighted by molar-refractivity contribution is 5.87. The van der Waals surface area contributed by atoms with Crippen molar-refractivity contribution in [3.63, 3.8) is 0 Å². The van der Waals surface area contributed by atoms with E-state index in [0.29, 0.717) is 12.0 Å². The molecule has 1 fully saturated rings. The van der Waals surface area contributed by atoms with Crippen molar-refractivity contribution in [3.05, 3.63) is 71.8 Å². The lowest BCUT2D eigenvalue weighted by Crippen LogP contribution is -2.34. The van der Waals surface area contributed by atoms with Gasteiger partial charge in [-0.05, 0) is 71.7 Å². The minimum Gasteiger partial charge on any atom is -0.457 e. The summed E-state index contributed by atoms with van der Waals surface area (Å²) in [6.45, 7) is 7.25. The Kier molecular flexibility index (Phi) is 3.87. The Labute approximate surface area is 148 Å². The largest absolute Gasteiger partial charge is 0.457 e. The van der Waals surface area contributed by atoms with E-state index in [9.17, 15) is 4.79 Å². The highest BCUT2D eigenvalue weighted by Gasteiger charge is 2.38. The molecule has 0 saturated heterocycles. The number of hydrogen-bond donors (Lipinski definition) is 0.